The topological polar surface area (TPSA) is 24.1 Å². The van der Waals surface area contributed by atoms with E-state index >= 15 is 0 Å². The predicted octanol–water partition coefficient (Wildman–Crippen LogP) is 0.263. The third-order valence-electron chi connectivity index (χ3n) is 1.42. The maximum absolute atomic E-state index is 3.16. The molecule has 0 bridgehead atoms. The summed E-state index contributed by atoms with van der Waals surface area (Å²) in [5, 5.41) is 0. The normalized spacial score (nSPS) is 31.3. The summed E-state index contributed by atoms with van der Waals surface area (Å²) in [5.41, 5.74) is 6.23. The van der Waals surface area contributed by atoms with E-state index in [1.807, 2.05) is 0 Å². The zero-order valence-electron chi connectivity index (χ0n) is 4.70. The van der Waals surface area contributed by atoms with E-state index in [4.69, 9.17) is 0 Å². The third kappa shape index (κ3) is 1.14. The maximum atomic E-state index is 3.16. The molecule has 0 spiro atoms. The lowest BCUT2D eigenvalue weighted by molar-refractivity contribution is 0.542. The average molecular weight is 100 g/mol. The first-order chi connectivity index (χ1) is 3.43. The van der Waals surface area contributed by atoms with Crippen LogP contribution in [0.25, 0.3) is 0 Å². The molecule has 1 unspecified atom stereocenters. The minimum atomic E-state index is 0.736. The van der Waals surface area contributed by atoms with Crippen molar-refractivity contribution in [2.24, 2.45) is 0 Å². The van der Waals surface area contributed by atoms with Gasteiger partial charge in [0.25, 0.3) is 0 Å². The number of nitrogens with one attached hydrogen (secondary N) is 2. The zero-order valence-corrected chi connectivity index (χ0v) is 4.70. The molecular weight excluding hydrogens is 88.1 g/mol. The number of hydrazine groups is 1. The second-order valence-corrected chi connectivity index (χ2v) is 1.96. The quantitative estimate of drug-likeness (QED) is 0.494. The summed E-state index contributed by atoms with van der Waals surface area (Å²) in [6.45, 7) is 3.34. The van der Waals surface area contributed by atoms with Crippen LogP contribution in [0.3, 0.4) is 0 Å². The van der Waals surface area contributed by atoms with Crippen LogP contribution in [-0.4, -0.2) is 12.6 Å². The minimum Gasteiger partial charge on any atom is -0.258 e. The molecule has 1 rings (SSSR count). The molecule has 0 amide bonds. The van der Waals surface area contributed by atoms with Gasteiger partial charge in [-0.1, -0.05) is 6.92 Å². The summed E-state index contributed by atoms with van der Waals surface area (Å²) in [6, 6.07) is 0.736. The van der Waals surface area contributed by atoms with E-state index in [2.05, 4.69) is 17.8 Å². The lowest BCUT2D eigenvalue weighted by Crippen LogP contribution is -2.29. The summed E-state index contributed by atoms with van der Waals surface area (Å²) in [5.74, 6) is 0. The Balaban J connectivity index is 2.14. The smallest absolute Gasteiger partial charge is 0.0222 e. The van der Waals surface area contributed by atoms with Gasteiger partial charge in [-0.3, -0.25) is 10.9 Å². The van der Waals surface area contributed by atoms with Gasteiger partial charge in [0, 0.05) is 12.6 Å². The van der Waals surface area contributed by atoms with Gasteiger partial charge in [0.15, 0.2) is 0 Å². The van der Waals surface area contributed by atoms with Gasteiger partial charge in [0.05, 0.1) is 0 Å². The largest absolute Gasteiger partial charge is 0.258 e. The Hall–Kier alpha value is -0.0800. The molecule has 1 aliphatic rings. The van der Waals surface area contributed by atoms with Crippen LogP contribution < -0.4 is 10.9 Å². The fourth-order valence-electron chi connectivity index (χ4n) is 0.841. The fourth-order valence-corrected chi connectivity index (χ4v) is 0.841. The highest BCUT2D eigenvalue weighted by Gasteiger charge is 2.08. The molecule has 2 heteroatoms. The molecule has 1 aliphatic heterocycles. The zero-order chi connectivity index (χ0) is 5.11. The molecule has 0 aliphatic carbocycles. The van der Waals surface area contributed by atoms with E-state index in [0.29, 0.717) is 0 Å². The first-order valence-corrected chi connectivity index (χ1v) is 2.92. The molecule has 0 radical (unpaired) electrons. The highest BCUT2D eigenvalue weighted by molar-refractivity contribution is 4.68. The van der Waals surface area contributed by atoms with Crippen LogP contribution in [0.4, 0.5) is 0 Å². The maximum Gasteiger partial charge on any atom is 0.0222 e. The summed E-state index contributed by atoms with van der Waals surface area (Å²) < 4.78 is 0. The Morgan fingerprint density at radius 2 is 2.57 bits per heavy atom. The predicted molar refractivity (Wildman–Crippen MR) is 29.8 cm³/mol. The first kappa shape index (κ1) is 5.06. The van der Waals surface area contributed by atoms with E-state index in [1.165, 1.54) is 12.8 Å². The molecule has 1 saturated heterocycles. The Morgan fingerprint density at radius 3 is 2.86 bits per heavy atom. The highest BCUT2D eigenvalue weighted by Crippen LogP contribution is 1.98. The average Bonchev–Trinajstić information content (AvgIpc) is 2.14. The van der Waals surface area contributed by atoms with Crippen molar-refractivity contribution in [3.8, 4) is 0 Å². The van der Waals surface area contributed by atoms with Gasteiger partial charge in [0.1, 0.15) is 0 Å². The van der Waals surface area contributed by atoms with E-state index in [9.17, 15) is 0 Å². The van der Waals surface area contributed by atoms with Crippen molar-refractivity contribution < 1.29 is 0 Å². The molecule has 1 fully saturated rings. The van der Waals surface area contributed by atoms with Crippen molar-refractivity contribution in [3.63, 3.8) is 0 Å². The van der Waals surface area contributed by atoms with Crippen molar-refractivity contribution in [2.45, 2.75) is 25.8 Å². The van der Waals surface area contributed by atoms with Crippen molar-refractivity contribution >= 4 is 0 Å². The Morgan fingerprint density at radius 1 is 1.71 bits per heavy atom. The third-order valence-corrected chi connectivity index (χ3v) is 1.42. The van der Waals surface area contributed by atoms with E-state index in [1.54, 1.807) is 0 Å². The van der Waals surface area contributed by atoms with Gasteiger partial charge in [-0.2, -0.15) is 0 Å². The molecule has 2 N–H and O–H groups in total. The monoisotopic (exact) mass is 100 g/mol. The molecule has 42 valence electrons. The number of rotatable bonds is 1. The summed E-state index contributed by atoms with van der Waals surface area (Å²) in [7, 11) is 0. The lowest BCUT2D eigenvalue weighted by Gasteiger charge is -2.01. The van der Waals surface area contributed by atoms with Gasteiger partial charge in [-0.05, 0) is 12.8 Å². The lowest BCUT2D eigenvalue weighted by atomic mass is 10.2. The van der Waals surface area contributed by atoms with Gasteiger partial charge in [-0.25, -0.2) is 0 Å². The van der Waals surface area contributed by atoms with Crippen LogP contribution in [-0.2, 0) is 0 Å². The van der Waals surface area contributed by atoms with Crippen molar-refractivity contribution in [1.82, 2.24) is 10.9 Å². The van der Waals surface area contributed by atoms with Crippen molar-refractivity contribution in [2.75, 3.05) is 6.54 Å². The molecule has 1 atom stereocenters. The molecule has 0 saturated carbocycles. The van der Waals surface area contributed by atoms with Crippen LogP contribution in [0, 0.1) is 0 Å². The molecular formula is C5H12N2. The number of hydrogen-bond acceptors (Lipinski definition) is 2. The molecule has 1 heterocycles. The first-order valence-electron chi connectivity index (χ1n) is 2.92. The Bertz CT molecular complexity index is 48.0. The summed E-state index contributed by atoms with van der Waals surface area (Å²) in [6.07, 6.45) is 2.53. The molecule has 0 aromatic carbocycles. The van der Waals surface area contributed by atoms with Crippen LogP contribution in [0.5, 0.6) is 0 Å². The minimum absolute atomic E-state index is 0.736. The van der Waals surface area contributed by atoms with Gasteiger partial charge < -0.3 is 0 Å². The molecule has 0 aromatic rings. The number of hydrogen-bond donors (Lipinski definition) is 2. The van der Waals surface area contributed by atoms with E-state index in [0.717, 1.165) is 12.6 Å². The van der Waals surface area contributed by atoms with Gasteiger partial charge >= 0.3 is 0 Å². The Kier molecular flexibility index (Phi) is 1.65. The van der Waals surface area contributed by atoms with E-state index in [-0.39, 0.29) is 0 Å². The van der Waals surface area contributed by atoms with Gasteiger partial charge in [0.2, 0.25) is 0 Å². The Labute approximate surface area is 44.3 Å². The fraction of sp³-hybridized carbons (Fsp3) is 1.00. The molecule has 7 heavy (non-hydrogen) atoms. The standard InChI is InChI=1S/C5H12N2/c1-2-5-3-4-6-7-5/h5-7H,2-4H2,1H3. The summed E-state index contributed by atoms with van der Waals surface area (Å²) >= 11 is 0. The van der Waals surface area contributed by atoms with Crippen molar-refractivity contribution in [1.29, 1.82) is 0 Å². The van der Waals surface area contributed by atoms with Crippen LogP contribution >= 0.6 is 0 Å². The van der Waals surface area contributed by atoms with Crippen LogP contribution in [0.1, 0.15) is 19.8 Å². The van der Waals surface area contributed by atoms with Crippen molar-refractivity contribution in [3.05, 3.63) is 0 Å². The van der Waals surface area contributed by atoms with E-state index < -0.39 is 0 Å². The highest BCUT2D eigenvalue weighted by atomic mass is 15.4. The second-order valence-electron chi connectivity index (χ2n) is 1.96. The van der Waals surface area contributed by atoms with Crippen LogP contribution in [0.15, 0.2) is 0 Å². The SMILES string of the molecule is CCC1CCNN1. The summed E-state index contributed by atoms with van der Waals surface area (Å²) in [4.78, 5) is 0. The van der Waals surface area contributed by atoms with Crippen LogP contribution in [0.2, 0.25) is 0 Å². The van der Waals surface area contributed by atoms with Gasteiger partial charge in [-0.15, -0.1) is 0 Å². The molecule has 2 nitrogen and oxygen atoms in total. The molecule has 0 aromatic heterocycles. The second kappa shape index (κ2) is 2.28.